The zero-order valence-corrected chi connectivity index (χ0v) is 13.3. The van der Waals surface area contributed by atoms with Crippen LogP contribution in [0.1, 0.15) is 19.4 Å². The number of carboxylic acids is 1. The molecule has 23 heavy (non-hydrogen) atoms. The fraction of sp³-hybridized carbons (Fsp3) is 0.500. The van der Waals surface area contributed by atoms with Gasteiger partial charge in [0.1, 0.15) is 6.61 Å². The second-order valence-electron chi connectivity index (χ2n) is 5.93. The van der Waals surface area contributed by atoms with Crippen molar-refractivity contribution in [3.63, 3.8) is 0 Å². The number of carboxylic acid groups (broad SMARTS) is 1. The van der Waals surface area contributed by atoms with E-state index in [-0.39, 0.29) is 26.4 Å². The number of ether oxygens (including phenoxy) is 2. The van der Waals surface area contributed by atoms with Gasteiger partial charge in [-0.3, -0.25) is 0 Å². The van der Waals surface area contributed by atoms with E-state index in [4.69, 9.17) is 19.7 Å². The van der Waals surface area contributed by atoms with Gasteiger partial charge < -0.3 is 25.0 Å². The third kappa shape index (κ3) is 7.62. The first-order valence-electron chi connectivity index (χ1n) is 7.23. The molecule has 1 amide bonds. The van der Waals surface area contributed by atoms with Gasteiger partial charge in [0.25, 0.3) is 0 Å². The molecule has 0 spiro atoms. The largest absolute Gasteiger partial charge is 0.480 e. The minimum absolute atomic E-state index is 0.0530. The fourth-order valence-corrected chi connectivity index (χ4v) is 1.58. The van der Waals surface area contributed by atoms with E-state index in [1.165, 1.54) is 0 Å². The van der Waals surface area contributed by atoms with Crippen LogP contribution < -0.4 is 5.32 Å². The Balaban J connectivity index is 2.39. The molecule has 0 fully saturated rings. The maximum Gasteiger partial charge on any atom is 0.408 e. The Morgan fingerprint density at radius 2 is 1.91 bits per heavy atom. The summed E-state index contributed by atoms with van der Waals surface area (Å²) in [5.41, 5.74) is 0.326. The van der Waals surface area contributed by atoms with Crippen LogP contribution in [0.25, 0.3) is 0 Å². The Morgan fingerprint density at radius 3 is 2.48 bits per heavy atom. The molecule has 0 heterocycles. The molecule has 0 aliphatic rings. The molecule has 7 heteroatoms. The Kier molecular flexibility index (Phi) is 7.50. The lowest BCUT2D eigenvalue weighted by Gasteiger charge is -2.22. The summed E-state index contributed by atoms with van der Waals surface area (Å²) >= 11 is 0. The lowest BCUT2D eigenvalue weighted by atomic mass is 9.97. The number of alkyl carbamates (subject to hydrolysis) is 1. The van der Waals surface area contributed by atoms with Gasteiger partial charge in [-0.1, -0.05) is 44.2 Å². The van der Waals surface area contributed by atoms with Crippen molar-refractivity contribution in [2.75, 3.05) is 19.8 Å². The summed E-state index contributed by atoms with van der Waals surface area (Å²) in [4.78, 5) is 22.8. The maximum absolute atomic E-state index is 11.7. The first-order chi connectivity index (χ1) is 10.8. The SMILES string of the molecule is CC(C)(CO)COC[C@H](NC(=O)OCc1ccccc1)C(=O)O. The van der Waals surface area contributed by atoms with E-state index < -0.39 is 23.5 Å². The summed E-state index contributed by atoms with van der Waals surface area (Å²) in [5, 5.41) is 20.4. The average molecular weight is 325 g/mol. The van der Waals surface area contributed by atoms with Crippen LogP contribution in [0.15, 0.2) is 30.3 Å². The molecule has 7 nitrogen and oxygen atoms in total. The molecule has 1 aromatic carbocycles. The molecular formula is C16H23NO6. The number of amides is 1. The highest BCUT2D eigenvalue weighted by Crippen LogP contribution is 2.13. The van der Waals surface area contributed by atoms with Gasteiger partial charge in [0.05, 0.1) is 19.8 Å². The number of aliphatic carboxylic acids is 1. The Hall–Kier alpha value is -2.12. The maximum atomic E-state index is 11.7. The van der Waals surface area contributed by atoms with E-state index in [9.17, 15) is 9.59 Å². The molecule has 1 atom stereocenters. The van der Waals surface area contributed by atoms with E-state index in [1.54, 1.807) is 26.0 Å². The highest BCUT2D eigenvalue weighted by Gasteiger charge is 2.23. The van der Waals surface area contributed by atoms with E-state index in [2.05, 4.69) is 5.32 Å². The monoisotopic (exact) mass is 325 g/mol. The lowest BCUT2D eigenvalue weighted by molar-refractivity contribution is -0.141. The highest BCUT2D eigenvalue weighted by atomic mass is 16.5. The number of rotatable bonds is 9. The van der Waals surface area contributed by atoms with Crippen molar-refractivity contribution >= 4 is 12.1 Å². The van der Waals surface area contributed by atoms with Crippen LogP contribution in [0.2, 0.25) is 0 Å². The third-order valence-corrected chi connectivity index (χ3v) is 3.01. The number of hydrogen-bond donors (Lipinski definition) is 3. The second-order valence-corrected chi connectivity index (χ2v) is 5.93. The number of aliphatic hydroxyl groups excluding tert-OH is 1. The van der Waals surface area contributed by atoms with Gasteiger partial charge in [-0.15, -0.1) is 0 Å². The molecular weight excluding hydrogens is 302 g/mol. The van der Waals surface area contributed by atoms with Gasteiger partial charge >= 0.3 is 12.1 Å². The standard InChI is InChI=1S/C16H23NO6/c1-16(2,10-18)11-22-9-13(14(19)20)17-15(21)23-8-12-6-4-3-5-7-12/h3-7,13,18H,8-11H2,1-2H3,(H,17,21)(H,19,20)/t13-/m0/s1. The quantitative estimate of drug-likeness (QED) is 0.634. The van der Waals surface area contributed by atoms with Gasteiger partial charge in [0, 0.05) is 5.41 Å². The number of nitrogens with one attached hydrogen (secondary N) is 1. The summed E-state index contributed by atoms with van der Waals surface area (Å²) < 4.78 is 10.2. The average Bonchev–Trinajstić information content (AvgIpc) is 2.52. The minimum Gasteiger partial charge on any atom is -0.480 e. The van der Waals surface area contributed by atoms with Crippen LogP contribution in [-0.4, -0.2) is 48.1 Å². The molecule has 0 saturated carbocycles. The van der Waals surface area contributed by atoms with Crippen molar-refractivity contribution in [1.29, 1.82) is 0 Å². The molecule has 0 bridgehead atoms. The molecule has 0 aliphatic heterocycles. The third-order valence-electron chi connectivity index (χ3n) is 3.01. The topological polar surface area (TPSA) is 105 Å². The van der Waals surface area contributed by atoms with E-state index in [0.717, 1.165) is 5.56 Å². The number of carbonyl (C=O) groups excluding carboxylic acids is 1. The molecule has 1 rings (SSSR count). The minimum atomic E-state index is -1.22. The van der Waals surface area contributed by atoms with E-state index in [0.29, 0.717) is 0 Å². The first-order valence-corrected chi connectivity index (χ1v) is 7.23. The van der Waals surface area contributed by atoms with E-state index in [1.807, 2.05) is 18.2 Å². The van der Waals surface area contributed by atoms with Crippen molar-refractivity contribution in [2.45, 2.75) is 26.5 Å². The first kappa shape index (κ1) is 18.9. The van der Waals surface area contributed by atoms with Crippen LogP contribution in [0, 0.1) is 5.41 Å². The summed E-state index contributed by atoms with van der Waals surface area (Å²) in [6, 6.07) is 7.84. The smallest absolute Gasteiger partial charge is 0.408 e. The number of carbonyl (C=O) groups is 2. The molecule has 0 aliphatic carbocycles. The highest BCUT2D eigenvalue weighted by molar-refractivity contribution is 5.80. The van der Waals surface area contributed by atoms with Crippen molar-refractivity contribution in [2.24, 2.45) is 5.41 Å². The number of aliphatic hydroxyl groups is 1. The van der Waals surface area contributed by atoms with Gasteiger partial charge in [-0.2, -0.15) is 0 Å². The van der Waals surface area contributed by atoms with Gasteiger partial charge in [-0.05, 0) is 5.56 Å². The van der Waals surface area contributed by atoms with Crippen molar-refractivity contribution in [3.05, 3.63) is 35.9 Å². The molecule has 0 saturated heterocycles. The predicted octanol–water partition coefficient (Wildman–Crippen LogP) is 1.40. The summed E-state index contributed by atoms with van der Waals surface area (Å²) in [5.74, 6) is -1.22. The van der Waals surface area contributed by atoms with Crippen molar-refractivity contribution in [3.8, 4) is 0 Å². The second kappa shape index (κ2) is 9.12. The molecule has 0 radical (unpaired) electrons. The van der Waals surface area contributed by atoms with Gasteiger partial charge in [0.2, 0.25) is 0 Å². The summed E-state index contributed by atoms with van der Waals surface area (Å²) in [6.45, 7) is 3.50. The molecule has 3 N–H and O–H groups in total. The summed E-state index contributed by atoms with van der Waals surface area (Å²) in [6.07, 6.45) is -0.828. The van der Waals surface area contributed by atoms with Crippen LogP contribution >= 0.6 is 0 Å². The van der Waals surface area contributed by atoms with Crippen molar-refractivity contribution < 1.29 is 29.3 Å². The number of benzene rings is 1. The molecule has 128 valence electrons. The van der Waals surface area contributed by atoms with Crippen molar-refractivity contribution in [1.82, 2.24) is 5.32 Å². The van der Waals surface area contributed by atoms with Crippen LogP contribution in [0.5, 0.6) is 0 Å². The van der Waals surface area contributed by atoms with Crippen LogP contribution in [0.3, 0.4) is 0 Å². The number of hydrogen-bond acceptors (Lipinski definition) is 5. The van der Waals surface area contributed by atoms with Gasteiger partial charge in [0.15, 0.2) is 6.04 Å². The van der Waals surface area contributed by atoms with Crippen LogP contribution in [-0.2, 0) is 20.9 Å². The molecule has 0 aromatic heterocycles. The Labute approximate surface area is 135 Å². The normalized spacial score (nSPS) is 12.5. The van der Waals surface area contributed by atoms with Crippen LogP contribution in [0.4, 0.5) is 4.79 Å². The Morgan fingerprint density at radius 1 is 1.26 bits per heavy atom. The van der Waals surface area contributed by atoms with Gasteiger partial charge in [-0.25, -0.2) is 9.59 Å². The zero-order valence-electron chi connectivity index (χ0n) is 13.3. The molecule has 0 unspecified atom stereocenters. The summed E-state index contributed by atoms with van der Waals surface area (Å²) in [7, 11) is 0. The van der Waals surface area contributed by atoms with E-state index >= 15 is 0 Å². The Bertz CT molecular complexity index is 503. The lowest BCUT2D eigenvalue weighted by Crippen LogP contribution is -2.44. The fourth-order valence-electron chi connectivity index (χ4n) is 1.58. The predicted molar refractivity (Wildman–Crippen MR) is 82.9 cm³/mol. The molecule has 1 aromatic rings. The zero-order chi connectivity index (χ0) is 17.3.